The third-order valence-electron chi connectivity index (χ3n) is 3.74. The van der Waals surface area contributed by atoms with Gasteiger partial charge in [0.25, 0.3) is 0 Å². The molecule has 5 nitrogen and oxygen atoms in total. The number of aliphatic hydroxyl groups is 1. The van der Waals surface area contributed by atoms with Crippen LogP contribution >= 0.6 is 0 Å². The van der Waals surface area contributed by atoms with E-state index in [2.05, 4.69) is 15.6 Å². The zero-order valence-electron chi connectivity index (χ0n) is 14.5. The van der Waals surface area contributed by atoms with Crippen LogP contribution in [0.2, 0.25) is 0 Å². The molecule has 0 spiro atoms. The highest BCUT2D eigenvalue weighted by Gasteiger charge is 2.26. The summed E-state index contributed by atoms with van der Waals surface area (Å²) in [5.41, 5.74) is -0.667. The topological polar surface area (TPSA) is 69.8 Å². The lowest BCUT2D eigenvalue weighted by atomic mass is 10.0. The van der Waals surface area contributed by atoms with Crippen LogP contribution in [0, 0.1) is 11.6 Å². The summed E-state index contributed by atoms with van der Waals surface area (Å²) in [5.74, 6) is -0.910. The smallest absolute Gasteiger partial charge is 0.191 e. The number of nitrogens with one attached hydrogen (secondary N) is 2. The lowest BCUT2D eigenvalue weighted by Gasteiger charge is -2.21. The molecule has 1 aromatic carbocycles. The molecule has 0 radical (unpaired) electrons. The van der Waals surface area contributed by atoms with Crippen molar-refractivity contribution in [2.75, 3.05) is 13.1 Å². The fraction of sp³-hybridized carbons (Fsp3) is 0.389. The van der Waals surface area contributed by atoms with Crippen LogP contribution in [0.4, 0.5) is 8.78 Å². The van der Waals surface area contributed by atoms with Gasteiger partial charge in [-0.2, -0.15) is 0 Å². The van der Waals surface area contributed by atoms with Crippen LogP contribution in [0.25, 0.3) is 0 Å². The summed E-state index contributed by atoms with van der Waals surface area (Å²) in [5, 5.41) is 16.6. The molecule has 1 aromatic heterocycles. The highest BCUT2D eigenvalue weighted by Crippen LogP contribution is 2.21. The Labute approximate surface area is 145 Å². The Kier molecular flexibility index (Phi) is 6.14. The van der Waals surface area contributed by atoms with Crippen LogP contribution in [-0.4, -0.2) is 24.2 Å². The molecule has 0 bridgehead atoms. The first-order chi connectivity index (χ1) is 11.8. The van der Waals surface area contributed by atoms with Gasteiger partial charge in [-0.05, 0) is 50.6 Å². The van der Waals surface area contributed by atoms with Crippen LogP contribution in [0.3, 0.4) is 0 Å². The van der Waals surface area contributed by atoms with Gasteiger partial charge in [-0.3, -0.25) is 0 Å². The first kappa shape index (κ1) is 18.9. The van der Waals surface area contributed by atoms with Crippen LogP contribution in [0.1, 0.15) is 38.1 Å². The van der Waals surface area contributed by atoms with Gasteiger partial charge in [-0.25, -0.2) is 13.8 Å². The van der Waals surface area contributed by atoms with E-state index in [0.29, 0.717) is 23.8 Å². The molecule has 3 N–H and O–H groups in total. The van der Waals surface area contributed by atoms with E-state index in [1.54, 1.807) is 19.1 Å². The van der Waals surface area contributed by atoms with Crippen molar-refractivity contribution in [1.29, 1.82) is 0 Å². The van der Waals surface area contributed by atoms with Crippen molar-refractivity contribution in [1.82, 2.24) is 10.6 Å². The van der Waals surface area contributed by atoms with Crippen LogP contribution < -0.4 is 10.6 Å². The zero-order chi connectivity index (χ0) is 18.4. The number of hydrogen-bond donors (Lipinski definition) is 3. The Morgan fingerprint density at radius 1 is 1.32 bits per heavy atom. The number of halogens is 2. The van der Waals surface area contributed by atoms with Gasteiger partial charge >= 0.3 is 0 Å². The lowest BCUT2D eigenvalue weighted by molar-refractivity contribution is 0.0437. The molecule has 2 aromatic rings. The SMILES string of the molecule is CCNC(=NCC(C)(O)c1ccco1)NC(C)c1ccc(F)c(F)c1. The first-order valence-corrected chi connectivity index (χ1v) is 8.09. The summed E-state index contributed by atoms with van der Waals surface area (Å²) >= 11 is 0. The molecule has 0 aliphatic heterocycles. The molecule has 0 aliphatic carbocycles. The highest BCUT2D eigenvalue weighted by molar-refractivity contribution is 5.80. The molecule has 1 heterocycles. The Balaban J connectivity index is 2.10. The largest absolute Gasteiger partial charge is 0.466 e. The fourth-order valence-electron chi connectivity index (χ4n) is 2.29. The van der Waals surface area contributed by atoms with Gasteiger partial charge in [-0.1, -0.05) is 6.07 Å². The van der Waals surface area contributed by atoms with Gasteiger partial charge in [0.15, 0.2) is 17.6 Å². The van der Waals surface area contributed by atoms with E-state index in [4.69, 9.17) is 4.42 Å². The van der Waals surface area contributed by atoms with Gasteiger partial charge in [0.2, 0.25) is 0 Å². The summed E-state index contributed by atoms with van der Waals surface area (Å²) in [6.07, 6.45) is 1.49. The third-order valence-corrected chi connectivity index (χ3v) is 3.74. The Hall–Kier alpha value is -2.41. The Morgan fingerprint density at radius 3 is 2.68 bits per heavy atom. The zero-order valence-corrected chi connectivity index (χ0v) is 14.5. The minimum Gasteiger partial charge on any atom is -0.466 e. The Morgan fingerprint density at radius 2 is 2.08 bits per heavy atom. The van der Waals surface area contributed by atoms with Crippen LogP contribution in [-0.2, 0) is 5.60 Å². The molecule has 0 aliphatic rings. The van der Waals surface area contributed by atoms with Gasteiger partial charge in [0, 0.05) is 6.54 Å². The third kappa shape index (κ3) is 5.03. The second-order valence-corrected chi connectivity index (χ2v) is 5.99. The fourth-order valence-corrected chi connectivity index (χ4v) is 2.29. The van der Waals surface area contributed by atoms with Crippen molar-refractivity contribution in [3.05, 3.63) is 59.6 Å². The van der Waals surface area contributed by atoms with Crippen molar-refractivity contribution in [2.45, 2.75) is 32.4 Å². The van der Waals surface area contributed by atoms with Crippen molar-refractivity contribution in [3.8, 4) is 0 Å². The summed E-state index contributed by atoms with van der Waals surface area (Å²) in [6, 6.07) is 6.83. The average Bonchev–Trinajstić information content (AvgIpc) is 3.11. The van der Waals surface area contributed by atoms with E-state index in [-0.39, 0.29) is 12.6 Å². The minimum absolute atomic E-state index is 0.0698. The molecule has 7 heteroatoms. The lowest BCUT2D eigenvalue weighted by Crippen LogP contribution is -2.40. The molecular formula is C18H23F2N3O2. The molecule has 0 amide bonds. The number of hydrogen-bond acceptors (Lipinski definition) is 3. The summed E-state index contributed by atoms with van der Waals surface area (Å²) < 4.78 is 31.7. The average molecular weight is 351 g/mol. The maximum absolute atomic E-state index is 13.4. The molecule has 2 atom stereocenters. The molecule has 136 valence electrons. The van der Waals surface area contributed by atoms with Crippen molar-refractivity contribution in [2.24, 2.45) is 4.99 Å². The van der Waals surface area contributed by atoms with Crippen molar-refractivity contribution in [3.63, 3.8) is 0 Å². The molecule has 0 saturated heterocycles. The monoisotopic (exact) mass is 351 g/mol. The van der Waals surface area contributed by atoms with Gasteiger partial charge in [-0.15, -0.1) is 0 Å². The first-order valence-electron chi connectivity index (χ1n) is 8.09. The van der Waals surface area contributed by atoms with Crippen molar-refractivity contribution < 1.29 is 18.3 Å². The van der Waals surface area contributed by atoms with Gasteiger partial charge in [0.05, 0.1) is 18.8 Å². The molecule has 25 heavy (non-hydrogen) atoms. The second-order valence-electron chi connectivity index (χ2n) is 5.99. The molecular weight excluding hydrogens is 328 g/mol. The number of furan rings is 1. The normalized spacial score (nSPS) is 15.5. The number of guanidine groups is 1. The Bertz CT molecular complexity index is 715. The van der Waals surface area contributed by atoms with E-state index in [0.717, 1.165) is 12.1 Å². The van der Waals surface area contributed by atoms with E-state index < -0.39 is 17.2 Å². The number of aliphatic imine (C=N–C) groups is 1. The minimum atomic E-state index is -1.25. The molecule has 2 unspecified atom stereocenters. The van der Waals surface area contributed by atoms with Gasteiger partial charge in [0.1, 0.15) is 11.4 Å². The standard InChI is InChI=1S/C18H23F2N3O2/c1-4-21-17(22-11-18(3,24)16-6-5-9-25-16)23-12(2)13-7-8-14(19)15(20)10-13/h5-10,12,24H,4,11H2,1-3H3,(H2,21,22,23). The summed E-state index contributed by atoms with van der Waals surface area (Å²) in [7, 11) is 0. The van der Waals surface area contributed by atoms with Crippen molar-refractivity contribution >= 4 is 5.96 Å². The number of rotatable bonds is 6. The molecule has 0 saturated carbocycles. The van der Waals surface area contributed by atoms with E-state index in [9.17, 15) is 13.9 Å². The van der Waals surface area contributed by atoms with Crippen LogP contribution in [0.15, 0.2) is 46.0 Å². The summed E-state index contributed by atoms with van der Waals surface area (Å²) in [4.78, 5) is 4.36. The number of nitrogens with zero attached hydrogens (tertiary/aromatic N) is 1. The van der Waals surface area contributed by atoms with E-state index in [1.807, 2.05) is 13.8 Å². The molecule has 0 fully saturated rings. The maximum Gasteiger partial charge on any atom is 0.191 e. The highest BCUT2D eigenvalue weighted by atomic mass is 19.2. The quantitative estimate of drug-likeness (QED) is 0.553. The van der Waals surface area contributed by atoms with E-state index >= 15 is 0 Å². The predicted octanol–water partition coefficient (Wildman–Crippen LogP) is 3.08. The van der Waals surface area contributed by atoms with E-state index in [1.165, 1.54) is 12.3 Å². The van der Waals surface area contributed by atoms with Crippen LogP contribution in [0.5, 0.6) is 0 Å². The van der Waals surface area contributed by atoms with Gasteiger partial charge < -0.3 is 20.2 Å². The summed E-state index contributed by atoms with van der Waals surface area (Å²) in [6.45, 7) is 6.01. The number of benzene rings is 1. The molecule has 2 rings (SSSR count). The predicted molar refractivity (Wildman–Crippen MR) is 92.2 cm³/mol. The second kappa shape index (κ2) is 8.11. The maximum atomic E-state index is 13.4.